The number of carbonyl (C=O) groups is 1. The SMILES string of the molecule is Cc1ccc(C(=O)NCc2cccc(F)c2)c(C2CCN(Cc3ccc(Cl)cc3)CC2)n1. The van der Waals surface area contributed by atoms with Crippen LogP contribution >= 0.6 is 11.6 Å². The third-order valence-electron chi connectivity index (χ3n) is 5.94. The second-order valence-electron chi connectivity index (χ2n) is 8.37. The van der Waals surface area contributed by atoms with E-state index in [1.54, 1.807) is 12.1 Å². The van der Waals surface area contributed by atoms with Gasteiger partial charge in [-0.05, 0) is 80.4 Å². The fraction of sp³-hybridized carbons (Fsp3) is 0.308. The quantitative estimate of drug-likeness (QED) is 0.538. The van der Waals surface area contributed by atoms with E-state index in [-0.39, 0.29) is 24.2 Å². The summed E-state index contributed by atoms with van der Waals surface area (Å²) < 4.78 is 13.4. The summed E-state index contributed by atoms with van der Waals surface area (Å²) in [5.41, 5.74) is 4.37. The summed E-state index contributed by atoms with van der Waals surface area (Å²) in [5, 5.41) is 3.67. The van der Waals surface area contributed by atoms with Gasteiger partial charge in [0.1, 0.15) is 5.82 Å². The van der Waals surface area contributed by atoms with Gasteiger partial charge in [0.15, 0.2) is 0 Å². The van der Waals surface area contributed by atoms with Crippen molar-refractivity contribution >= 4 is 17.5 Å². The van der Waals surface area contributed by atoms with E-state index < -0.39 is 0 Å². The van der Waals surface area contributed by atoms with Crippen molar-refractivity contribution in [2.45, 2.75) is 38.8 Å². The lowest BCUT2D eigenvalue weighted by molar-refractivity contribution is 0.0948. The number of nitrogens with one attached hydrogen (secondary N) is 1. The van der Waals surface area contributed by atoms with Gasteiger partial charge in [-0.3, -0.25) is 14.7 Å². The van der Waals surface area contributed by atoms with Gasteiger partial charge in [0.2, 0.25) is 0 Å². The van der Waals surface area contributed by atoms with E-state index in [1.807, 2.05) is 31.2 Å². The smallest absolute Gasteiger partial charge is 0.253 e. The highest BCUT2D eigenvalue weighted by atomic mass is 35.5. The van der Waals surface area contributed by atoms with Crippen LogP contribution in [0.2, 0.25) is 5.02 Å². The molecule has 0 spiro atoms. The van der Waals surface area contributed by atoms with Crippen molar-refractivity contribution in [1.82, 2.24) is 15.2 Å². The summed E-state index contributed by atoms with van der Waals surface area (Å²) in [6, 6.07) is 18.0. The van der Waals surface area contributed by atoms with Gasteiger partial charge >= 0.3 is 0 Å². The largest absolute Gasteiger partial charge is 0.348 e. The molecule has 2 heterocycles. The van der Waals surface area contributed by atoms with Crippen LogP contribution < -0.4 is 5.32 Å². The molecule has 1 amide bonds. The maximum Gasteiger partial charge on any atom is 0.253 e. The molecule has 3 aromatic rings. The van der Waals surface area contributed by atoms with Crippen LogP contribution in [0, 0.1) is 12.7 Å². The Morgan fingerprint density at radius 3 is 2.56 bits per heavy atom. The molecule has 6 heteroatoms. The highest BCUT2D eigenvalue weighted by Crippen LogP contribution is 2.30. The lowest BCUT2D eigenvalue weighted by Gasteiger charge is -2.32. The lowest BCUT2D eigenvalue weighted by Crippen LogP contribution is -2.34. The number of nitrogens with zero attached hydrogens (tertiary/aromatic N) is 2. The van der Waals surface area contributed by atoms with Crippen molar-refractivity contribution in [2.24, 2.45) is 0 Å². The first kappa shape index (κ1) is 22.4. The zero-order valence-corrected chi connectivity index (χ0v) is 18.9. The summed E-state index contributed by atoms with van der Waals surface area (Å²) in [4.78, 5) is 20.1. The van der Waals surface area contributed by atoms with Crippen LogP contribution in [-0.4, -0.2) is 28.9 Å². The van der Waals surface area contributed by atoms with Crippen LogP contribution in [0.3, 0.4) is 0 Å². The molecule has 0 unspecified atom stereocenters. The van der Waals surface area contributed by atoms with Crippen LogP contribution in [0.5, 0.6) is 0 Å². The Hall–Kier alpha value is -2.76. The molecule has 2 aromatic carbocycles. The first-order valence-electron chi connectivity index (χ1n) is 10.9. The van der Waals surface area contributed by atoms with Crippen LogP contribution in [0.15, 0.2) is 60.7 Å². The van der Waals surface area contributed by atoms with Crippen LogP contribution in [0.25, 0.3) is 0 Å². The Bertz CT molecular complexity index is 1080. The van der Waals surface area contributed by atoms with E-state index in [9.17, 15) is 9.18 Å². The van der Waals surface area contributed by atoms with E-state index >= 15 is 0 Å². The lowest BCUT2D eigenvalue weighted by atomic mass is 9.89. The molecule has 0 bridgehead atoms. The Morgan fingerprint density at radius 2 is 1.84 bits per heavy atom. The Balaban J connectivity index is 1.40. The van der Waals surface area contributed by atoms with E-state index in [0.717, 1.165) is 54.4 Å². The third kappa shape index (κ3) is 5.72. The maximum atomic E-state index is 13.4. The molecule has 1 N–H and O–H groups in total. The summed E-state index contributed by atoms with van der Waals surface area (Å²) >= 11 is 5.99. The van der Waals surface area contributed by atoms with Crippen molar-refractivity contribution in [3.8, 4) is 0 Å². The summed E-state index contributed by atoms with van der Waals surface area (Å²) in [5.74, 6) is -0.230. The number of aryl methyl sites for hydroxylation is 1. The average molecular weight is 452 g/mol. The van der Waals surface area contributed by atoms with Gasteiger partial charge in [0, 0.05) is 29.7 Å². The van der Waals surface area contributed by atoms with Gasteiger partial charge in [0.25, 0.3) is 5.91 Å². The highest BCUT2D eigenvalue weighted by molar-refractivity contribution is 6.30. The number of amides is 1. The standard InChI is InChI=1S/C26H27ClFN3O/c1-18-5-10-24(26(32)29-16-20-3-2-4-23(28)15-20)25(30-18)21-11-13-31(14-12-21)17-19-6-8-22(27)9-7-19/h2-10,15,21H,11-14,16-17H2,1H3,(H,29,32). The van der Waals surface area contributed by atoms with Crippen LogP contribution in [0.1, 0.15) is 51.6 Å². The molecule has 0 atom stereocenters. The highest BCUT2D eigenvalue weighted by Gasteiger charge is 2.26. The zero-order valence-electron chi connectivity index (χ0n) is 18.2. The number of hydrogen-bond acceptors (Lipinski definition) is 3. The number of likely N-dealkylation sites (tertiary alicyclic amines) is 1. The number of pyridine rings is 1. The molecule has 0 saturated carbocycles. The van der Waals surface area contributed by atoms with Crippen molar-refractivity contribution in [3.05, 3.63) is 99.6 Å². The molecule has 32 heavy (non-hydrogen) atoms. The Labute approximate surface area is 193 Å². The molecular weight excluding hydrogens is 425 g/mol. The number of carbonyl (C=O) groups excluding carboxylic acids is 1. The number of aromatic nitrogens is 1. The topological polar surface area (TPSA) is 45.2 Å². The summed E-state index contributed by atoms with van der Waals surface area (Å²) in [6.07, 6.45) is 1.91. The Morgan fingerprint density at radius 1 is 1.09 bits per heavy atom. The molecule has 1 fully saturated rings. The van der Waals surface area contributed by atoms with Gasteiger partial charge in [-0.2, -0.15) is 0 Å². The van der Waals surface area contributed by atoms with Crippen molar-refractivity contribution in [3.63, 3.8) is 0 Å². The monoisotopic (exact) mass is 451 g/mol. The molecule has 0 radical (unpaired) electrons. The predicted molar refractivity (Wildman–Crippen MR) is 125 cm³/mol. The van der Waals surface area contributed by atoms with E-state index in [0.29, 0.717) is 5.56 Å². The molecule has 1 aliphatic rings. The number of hydrogen-bond donors (Lipinski definition) is 1. The molecule has 4 nitrogen and oxygen atoms in total. The fourth-order valence-electron chi connectivity index (χ4n) is 4.22. The fourth-order valence-corrected chi connectivity index (χ4v) is 4.34. The minimum atomic E-state index is -0.306. The molecule has 0 aliphatic carbocycles. The molecule has 166 valence electrons. The van der Waals surface area contributed by atoms with E-state index in [4.69, 9.17) is 16.6 Å². The first-order chi connectivity index (χ1) is 15.5. The summed E-state index contributed by atoms with van der Waals surface area (Å²) in [7, 11) is 0. The third-order valence-corrected chi connectivity index (χ3v) is 6.20. The Kier molecular flexibility index (Phi) is 7.18. The summed E-state index contributed by atoms with van der Waals surface area (Å²) in [6.45, 7) is 5.03. The normalized spacial score (nSPS) is 15.0. The van der Waals surface area contributed by atoms with Gasteiger partial charge in [-0.25, -0.2) is 4.39 Å². The number of halogens is 2. The molecule has 1 saturated heterocycles. The molecule has 1 aromatic heterocycles. The minimum absolute atomic E-state index is 0.166. The average Bonchev–Trinajstić information content (AvgIpc) is 2.79. The van der Waals surface area contributed by atoms with E-state index in [2.05, 4.69) is 22.3 Å². The maximum absolute atomic E-state index is 13.4. The van der Waals surface area contributed by atoms with Gasteiger partial charge < -0.3 is 5.32 Å². The predicted octanol–water partition coefficient (Wildman–Crippen LogP) is 5.49. The zero-order chi connectivity index (χ0) is 22.5. The number of rotatable bonds is 6. The molecule has 4 rings (SSSR count). The van der Waals surface area contributed by atoms with E-state index in [1.165, 1.54) is 17.7 Å². The van der Waals surface area contributed by atoms with Gasteiger partial charge in [-0.15, -0.1) is 0 Å². The van der Waals surface area contributed by atoms with Crippen LogP contribution in [0.4, 0.5) is 4.39 Å². The van der Waals surface area contributed by atoms with Crippen molar-refractivity contribution < 1.29 is 9.18 Å². The van der Waals surface area contributed by atoms with Crippen molar-refractivity contribution in [1.29, 1.82) is 0 Å². The van der Waals surface area contributed by atoms with Crippen molar-refractivity contribution in [2.75, 3.05) is 13.1 Å². The molecule has 1 aliphatic heterocycles. The van der Waals surface area contributed by atoms with Gasteiger partial charge in [0.05, 0.1) is 11.3 Å². The second kappa shape index (κ2) is 10.2. The van der Waals surface area contributed by atoms with Crippen LogP contribution in [-0.2, 0) is 13.1 Å². The second-order valence-corrected chi connectivity index (χ2v) is 8.81. The van der Waals surface area contributed by atoms with Gasteiger partial charge in [-0.1, -0.05) is 35.9 Å². The first-order valence-corrected chi connectivity index (χ1v) is 11.3. The minimum Gasteiger partial charge on any atom is -0.348 e. The number of benzene rings is 2. The number of piperidine rings is 1. The molecular formula is C26H27ClFN3O.